The van der Waals surface area contributed by atoms with E-state index in [1.807, 2.05) is 32.0 Å². The summed E-state index contributed by atoms with van der Waals surface area (Å²) in [4.78, 5) is 20.8. The molecule has 1 aliphatic rings. The average Bonchev–Trinajstić information content (AvgIpc) is 2.65. The molecule has 0 saturated carbocycles. The highest BCUT2D eigenvalue weighted by Crippen LogP contribution is 2.20. The van der Waals surface area contributed by atoms with E-state index in [0.717, 1.165) is 16.9 Å². The number of amides is 1. The number of cyclic esters (lactones) is 1. The van der Waals surface area contributed by atoms with Crippen LogP contribution in [0.25, 0.3) is 0 Å². The van der Waals surface area contributed by atoms with Crippen molar-refractivity contribution < 1.29 is 14.3 Å². The van der Waals surface area contributed by atoms with Gasteiger partial charge in [0.05, 0.1) is 23.7 Å². The highest BCUT2D eigenvalue weighted by atomic mass is 16.5. The molecule has 1 aliphatic heterocycles. The van der Waals surface area contributed by atoms with Crippen molar-refractivity contribution in [2.75, 3.05) is 26.8 Å². The quantitative estimate of drug-likeness (QED) is 0.838. The van der Waals surface area contributed by atoms with Crippen LogP contribution in [-0.4, -0.2) is 44.3 Å². The first kappa shape index (κ1) is 19.4. The maximum Gasteiger partial charge on any atom is 0.407 e. The second kappa shape index (κ2) is 9.56. The average molecular weight is 355 g/mol. The summed E-state index contributed by atoms with van der Waals surface area (Å²) in [7, 11) is 1.72. The molecule has 1 aromatic rings. The summed E-state index contributed by atoms with van der Waals surface area (Å²) >= 11 is 0. The lowest BCUT2D eigenvalue weighted by molar-refractivity contribution is 0.154. The molecule has 6 nitrogen and oxygen atoms in total. The minimum atomic E-state index is -0.477. The van der Waals surface area contributed by atoms with Gasteiger partial charge >= 0.3 is 6.09 Å². The smallest absolute Gasteiger partial charge is 0.407 e. The fraction of sp³-hybridized carbons (Fsp3) is 0.350. The Hall–Kier alpha value is -2.89. The number of hydrogen-bond acceptors (Lipinski definition) is 5. The predicted octanol–water partition coefficient (Wildman–Crippen LogP) is 3.45. The summed E-state index contributed by atoms with van der Waals surface area (Å²) in [6.07, 6.45) is 3.65. The molecule has 1 heterocycles. The molecule has 0 radical (unpaired) electrons. The highest BCUT2D eigenvalue weighted by molar-refractivity contribution is 6.52. The second-order valence-electron chi connectivity index (χ2n) is 5.74. The van der Waals surface area contributed by atoms with Gasteiger partial charge in [-0.25, -0.2) is 9.79 Å². The lowest BCUT2D eigenvalue weighted by atomic mass is 10.00. The number of hydrogen-bond donors (Lipinski definition) is 1. The Kier molecular flexibility index (Phi) is 7.14. The summed E-state index contributed by atoms with van der Waals surface area (Å²) in [5.74, 6) is 0.749. The first-order valence-corrected chi connectivity index (χ1v) is 8.57. The molecule has 1 amide bonds. The lowest BCUT2D eigenvalue weighted by Gasteiger charge is -2.13. The van der Waals surface area contributed by atoms with Crippen LogP contribution in [0.15, 0.2) is 52.6 Å². The number of fused-ring (bicyclic) bond motifs is 2. The van der Waals surface area contributed by atoms with E-state index in [-0.39, 0.29) is 6.61 Å². The molecule has 0 spiro atoms. The number of carbonyl (C=O) groups excluding carboxylic acids is 1. The van der Waals surface area contributed by atoms with E-state index in [9.17, 15) is 4.79 Å². The van der Waals surface area contributed by atoms with Gasteiger partial charge in [0.25, 0.3) is 0 Å². The Balaban J connectivity index is 2.49. The molecule has 6 heteroatoms. The minimum Gasteiger partial charge on any atom is -0.494 e. The van der Waals surface area contributed by atoms with Gasteiger partial charge in [0.15, 0.2) is 0 Å². The molecular formula is C20H25N3O3. The third-order valence-electron chi connectivity index (χ3n) is 3.93. The highest BCUT2D eigenvalue weighted by Gasteiger charge is 2.14. The van der Waals surface area contributed by atoms with Crippen molar-refractivity contribution in [3.8, 4) is 5.75 Å². The number of rotatable bonds is 1. The molecule has 1 aromatic carbocycles. The summed E-state index contributed by atoms with van der Waals surface area (Å²) in [6, 6.07) is 5.88. The van der Waals surface area contributed by atoms with E-state index in [0.29, 0.717) is 36.7 Å². The Labute approximate surface area is 154 Å². The van der Waals surface area contributed by atoms with E-state index in [4.69, 9.17) is 9.47 Å². The van der Waals surface area contributed by atoms with Gasteiger partial charge in [0.1, 0.15) is 12.4 Å². The molecule has 0 fully saturated rings. The van der Waals surface area contributed by atoms with E-state index < -0.39 is 6.09 Å². The number of nitrogens with one attached hydrogen (secondary N) is 1. The molecule has 2 bridgehead atoms. The SMILES string of the molecule is C=C/C1=N\C(=C/C)COC(=O)NCCCOc2ccc(C)c(c2)\C1=N/C. The number of nitrogens with zero attached hydrogens (tertiary/aromatic N) is 2. The lowest BCUT2D eigenvalue weighted by Crippen LogP contribution is -2.27. The monoisotopic (exact) mass is 355 g/mol. The Morgan fingerprint density at radius 2 is 2.15 bits per heavy atom. The van der Waals surface area contributed by atoms with E-state index in [2.05, 4.69) is 21.9 Å². The summed E-state index contributed by atoms with van der Waals surface area (Å²) in [5.41, 5.74) is 3.94. The zero-order valence-electron chi connectivity index (χ0n) is 15.5. The van der Waals surface area contributed by atoms with Crippen LogP contribution < -0.4 is 10.1 Å². The summed E-state index contributed by atoms with van der Waals surface area (Å²) < 4.78 is 11.0. The van der Waals surface area contributed by atoms with Gasteiger partial charge in [-0.1, -0.05) is 18.7 Å². The van der Waals surface area contributed by atoms with Gasteiger partial charge in [0.2, 0.25) is 0 Å². The molecular weight excluding hydrogens is 330 g/mol. The number of allylic oxidation sites excluding steroid dienone is 2. The van der Waals surface area contributed by atoms with Crippen LogP contribution in [0.2, 0.25) is 0 Å². The van der Waals surface area contributed by atoms with Crippen LogP contribution in [0.1, 0.15) is 24.5 Å². The van der Waals surface area contributed by atoms with Gasteiger partial charge in [-0.05, 0) is 44.0 Å². The summed E-state index contributed by atoms with van der Waals surface area (Å²) in [5, 5.41) is 2.70. The van der Waals surface area contributed by atoms with Gasteiger partial charge < -0.3 is 14.8 Å². The van der Waals surface area contributed by atoms with Crippen molar-refractivity contribution in [3.05, 3.63) is 53.8 Å². The van der Waals surface area contributed by atoms with Crippen LogP contribution >= 0.6 is 0 Å². The zero-order valence-corrected chi connectivity index (χ0v) is 15.5. The van der Waals surface area contributed by atoms with Gasteiger partial charge in [-0.3, -0.25) is 4.99 Å². The van der Waals surface area contributed by atoms with Crippen molar-refractivity contribution in [2.24, 2.45) is 9.98 Å². The Bertz CT molecular complexity index is 764. The van der Waals surface area contributed by atoms with Gasteiger partial charge in [0, 0.05) is 19.2 Å². The fourth-order valence-corrected chi connectivity index (χ4v) is 2.49. The number of carbonyl (C=O) groups is 1. The number of alkyl carbamates (subject to hydrolysis) is 1. The summed E-state index contributed by atoms with van der Waals surface area (Å²) in [6.45, 7) is 8.77. The molecule has 1 N–H and O–H groups in total. The molecule has 0 unspecified atom stereocenters. The van der Waals surface area contributed by atoms with Crippen molar-refractivity contribution in [1.29, 1.82) is 0 Å². The number of aryl methyl sites for hydroxylation is 1. The topological polar surface area (TPSA) is 72.3 Å². The third-order valence-corrected chi connectivity index (χ3v) is 3.93. The molecule has 0 atom stereocenters. The minimum absolute atomic E-state index is 0.0756. The second-order valence-corrected chi connectivity index (χ2v) is 5.74. The van der Waals surface area contributed by atoms with Gasteiger partial charge in [-0.15, -0.1) is 0 Å². The number of benzene rings is 1. The van der Waals surface area contributed by atoms with Crippen molar-refractivity contribution in [3.63, 3.8) is 0 Å². The molecule has 2 rings (SSSR count). The van der Waals surface area contributed by atoms with E-state index in [1.165, 1.54) is 0 Å². The standard InChI is InChI=1S/C20H25N3O3/c1-5-15-13-26-20(24)22-10-7-11-25-16-9-8-14(3)17(12-16)19(21-4)18(6-2)23-15/h5-6,8-9,12H,2,7,10-11,13H2,1,3-4H3,(H,22,24)/b15-5-,21-19+,23-18+. The van der Waals surface area contributed by atoms with Crippen LogP contribution in [-0.2, 0) is 4.74 Å². The van der Waals surface area contributed by atoms with Crippen LogP contribution in [0, 0.1) is 6.92 Å². The van der Waals surface area contributed by atoms with Crippen LogP contribution in [0.5, 0.6) is 5.75 Å². The third kappa shape index (κ3) is 5.05. The molecule has 138 valence electrons. The normalized spacial score (nSPS) is 21.5. The van der Waals surface area contributed by atoms with Gasteiger partial charge in [-0.2, -0.15) is 0 Å². The van der Waals surface area contributed by atoms with Crippen molar-refractivity contribution in [1.82, 2.24) is 5.32 Å². The van der Waals surface area contributed by atoms with E-state index in [1.54, 1.807) is 19.2 Å². The molecule has 26 heavy (non-hydrogen) atoms. The number of ether oxygens (including phenoxy) is 2. The molecule has 0 aliphatic carbocycles. The first-order valence-electron chi connectivity index (χ1n) is 8.57. The zero-order chi connectivity index (χ0) is 18.9. The predicted molar refractivity (Wildman–Crippen MR) is 104 cm³/mol. The largest absolute Gasteiger partial charge is 0.494 e. The van der Waals surface area contributed by atoms with Crippen molar-refractivity contribution >= 4 is 17.5 Å². The van der Waals surface area contributed by atoms with E-state index >= 15 is 0 Å². The number of aliphatic imine (C=N–C) groups is 2. The van der Waals surface area contributed by atoms with Crippen molar-refractivity contribution in [2.45, 2.75) is 20.3 Å². The maximum atomic E-state index is 11.8. The van der Waals surface area contributed by atoms with Crippen LogP contribution in [0.3, 0.4) is 0 Å². The first-order chi connectivity index (χ1) is 12.6. The van der Waals surface area contributed by atoms with Crippen LogP contribution in [0.4, 0.5) is 4.79 Å². The fourth-order valence-electron chi connectivity index (χ4n) is 2.49. The maximum absolute atomic E-state index is 11.8. The molecule has 0 aromatic heterocycles. The Morgan fingerprint density at radius 3 is 2.85 bits per heavy atom. The molecule has 0 saturated heterocycles. The Morgan fingerprint density at radius 1 is 1.35 bits per heavy atom.